The van der Waals surface area contributed by atoms with Crippen LogP contribution in [-0.4, -0.2) is 49.4 Å². The van der Waals surface area contributed by atoms with Gasteiger partial charge in [0.1, 0.15) is 5.82 Å². The Morgan fingerprint density at radius 3 is 2.48 bits per heavy atom. The van der Waals surface area contributed by atoms with Crippen LogP contribution in [0.15, 0.2) is 54.6 Å². The van der Waals surface area contributed by atoms with E-state index < -0.39 is 11.8 Å². The zero-order valence-corrected chi connectivity index (χ0v) is 17.6. The van der Waals surface area contributed by atoms with Gasteiger partial charge < -0.3 is 10.1 Å². The number of benzene rings is 2. The minimum atomic E-state index is -0.447. The van der Waals surface area contributed by atoms with E-state index in [1.807, 2.05) is 30.3 Å². The summed E-state index contributed by atoms with van der Waals surface area (Å²) in [5.41, 5.74) is 1.60. The molecule has 2 aromatic rings. The van der Waals surface area contributed by atoms with Crippen LogP contribution >= 0.6 is 0 Å². The fourth-order valence-electron chi connectivity index (χ4n) is 4.56. The van der Waals surface area contributed by atoms with Crippen molar-refractivity contribution in [2.45, 2.75) is 19.4 Å². The first-order chi connectivity index (χ1) is 15.1. The number of rotatable bonds is 7. The second kappa shape index (κ2) is 10.2. The molecule has 0 saturated carbocycles. The highest BCUT2D eigenvalue weighted by Gasteiger charge is 2.42. The van der Waals surface area contributed by atoms with Gasteiger partial charge in [-0.2, -0.15) is 0 Å². The Balaban J connectivity index is 1.46. The zero-order valence-electron chi connectivity index (χ0n) is 17.6. The lowest BCUT2D eigenvalue weighted by Gasteiger charge is -2.24. The topological polar surface area (TPSA) is 58.6 Å². The van der Waals surface area contributed by atoms with Crippen molar-refractivity contribution in [3.63, 3.8) is 0 Å². The molecule has 5 nitrogen and oxygen atoms in total. The predicted octanol–water partition coefficient (Wildman–Crippen LogP) is 3.30. The van der Waals surface area contributed by atoms with Gasteiger partial charge in [0.15, 0.2) is 5.78 Å². The van der Waals surface area contributed by atoms with Crippen LogP contribution in [-0.2, 0) is 16.1 Å². The van der Waals surface area contributed by atoms with Crippen LogP contribution in [0.25, 0.3) is 0 Å². The maximum Gasteiger partial charge on any atom is 0.225 e. The summed E-state index contributed by atoms with van der Waals surface area (Å²) in [5.74, 6) is -1.11. The summed E-state index contributed by atoms with van der Waals surface area (Å²) in [6, 6.07) is 15.6. The molecule has 0 spiro atoms. The summed E-state index contributed by atoms with van der Waals surface area (Å²) < 4.78 is 18.8. The number of ketones is 1. The smallest absolute Gasteiger partial charge is 0.225 e. The number of likely N-dealkylation sites (tertiary alicyclic amines) is 1. The zero-order chi connectivity index (χ0) is 21.6. The van der Waals surface area contributed by atoms with Gasteiger partial charge in [0, 0.05) is 44.3 Å². The Labute approximate surface area is 182 Å². The number of nitrogens with zero attached hydrogens (tertiary/aromatic N) is 1. The Bertz CT molecular complexity index is 881. The van der Waals surface area contributed by atoms with Crippen LogP contribution in [0.4, 0.5) is 4.39 Å². The number of amides is 1. The number of hydrogen-bond acceptors (Lipinski definition) is 4. The van der Waals surface area contributed by atoms with Crippen LogP contribution in [0.5, 0.6) is 0 Å². The van der Waals surface area contributed by atoms with Crippen molar-refractivity contribution in [1.82, 2.24) is 10.2 Å². The van der Waals surface area contributed by atoms with E-state index >= 15 is 0 Å². The molecule has 3 atom stereocenters. The fraction of sp³-hybridized carbons (Fsp3) is 0.440. The second-order valence-electron chi connectivity index (χ2n) is 8.59. The molecule has 2 fully saturated rings. The van der Waals surface area contributed by atoms with Crippen LogP contribution in [0, 0.1) is 23.6 Å². The summed E-state index contributed by atoms with van der Waals surface area (Å²) in [7, 11) is 0. The van der Waals surface area contributed by atoms with Gasteiger partial charge in [-0.05, 0) is 48.6 Å². The molecule has 2 aliphatic rings. The molecule has 0 bridgehead atoms. The predicted molar refractivity (Wildman–Crippen MR) is 116 cm³/mol. The Morgan fingerprint density at radius 1 is 1.03 bits per heavy atom. The first-order valence-corrected chi connectivity index (χ1v) is 11.0. The third-order valence-corrected chi connectivity index (χ3v) is 6.27. The maximum atomic E-state index is 13.3. The van der Waals surface area contributed by atoms with E-state index in [1.165, 1.54) is 24.3 Å². The van der Waals surface area contributed by atoms with Gasteiger partial charge >= 0.3 is 0 Å². The number of hydrogen-bond donors (Lipinski definition) is 1. The SMILES string of the molecule is O=C(NCC1CCCOC1)[C@@H]1CN(Cc2ccccc2)C[C@H]1C(=O)c1ccc(F)cc1. The number of halogens is 1. The number of carbonyl (C=O) groups is 2. The number of nitrogens with one attached hydrogen (secondary N) is 1. The van der Waals surface area contributed by atoms with Crippen molar-refractivity contribution in [3.8, 4) is 0 Å². The summed E-state index contributed by atoms with van der Waals surface area (Å²) in [6.45, 7) is 3.76. The van der Waals surface area contributed by atoms with Gasteiger partial charge in [0.2, 0.25) is 5.91 Å². The lowest BCUT2D eigenvalue weighted by Crippen LogP contribution is -2.41. The summed E-state index contributed by atoms with van der Waals surface area (Å²) in [4.78, 5) is 28.5. The van der Waals surface area contributed by atoms with Gasteiger partial charge in [0.05, 0.1) is 12.5 Å². The molecule has 4 rings (SSSR count). The molecule has 2 aromatic carbocycles. The van der Waals surface area contributed by atoms with E-state index in [0.717, 1.165) is 25.0 Å². The first-order valence-electron chi connectivity index (χ1n) is 11.0. The molecular formula is C25H29FN2O3. The van der Waals surface area contributed by atoms with Gasteiger partial charge in [-0.15, -0.1) is 0 Å². The van der Waals surface area contributed by atoms with Crippen LogP contribution < -0.4 is 5.32 Å². The van der Waals surface area contributed by atoms with E-state index in [0.29, 0.717) is 44.3 Å². The minimum Gasteiger partial charge on any atom is -0.381 e. The average Bonchev–Trinajstić information content (AvgIpc) is 3.22. The summed E-state index contributed by atoms with van der Waals surface area (Å²) in [6.07, 6.45) is 2.06. The van der Waals surface area contributed by atoms with Gasteiger partial charge in [-0.1, -0.05) is 30.3 Å². The second-order valence-corrected chi connectivity index (χ2v) is 8.59. The highest BCUT2D eigenvalue weighted by molar-refractivity contribution is 6.01. The minimum absolute atomic E-state index is 0.0819. The fourth-order valence-corrected chi connectivity index (χ4v) is 4.56. The Morgan fingerprint density at radius 2 is 1.77 bits per heavy atom. The third kappa shape index (κ3) is 5.57. The number of carbonyl (C=O) groups excluding carboxylic acids is 2. The van der Waals surface area contributed by atoms with Crippen LogP contribution in [0.3, 0.4) is 0 Å². The van der Waals surface area contributed by atoms with Crippen molar-refractivity contribution in [3.05, 3.63) is 71.5 Å². The average molecular weight is 425 g/mol. The lowest BCUT2D eigenvalue weighted by atomic mass is 9.87. The summed E-state index contributed by atoms with van der Waals surface area (Å²) >= 11 is 0. The molecular weight excluding hydrogens is 395 g/mol. The molecule has 1 N–H and O–H groups in total. The van der Waals surface area contributed by atoms with E-state index in [-0.39, 0.29) is 17.5 Å². The van der Waals surface area contributed by atoms with Crippen LogP contribution in [0.1, 0.15) is 28.8 Å². The Hall–Kier alpha value is -2.57. The van der Waals surface area contributed by atoms with E-state index in [2.05, 4.69) is 10.2 Å². The number of ether oxygens (including phenoxy) is 1. The summed E-state index contributed by atoms with van der Waals surface area (Å²) in [5, 5.41) is 3.07. The molecule has 0 aromatic heterocycles. The molecule has 6 heteroatoms. The van der Waals surface area contributed by atoms with E-state index in [4.69, 9.17) is 4.74 Å². The highest BCUT2D eigenvalue weighted by Crippen LogP contribution is 2.29. The standard InChI is InChI=1S/C25H29FN2O3/c26-21-10-8-20(9-11-21)24(29)22-15-28(14-18-5-2-1-3-6-18)16-23(22)25(30)27-13-19-7-4-12-31-17-19/h1-3,5-6,8-11,19,22-23H,4,7,12-17H2,(H,27,30)/t19?,22-,23-/m1/s1. The molecule has 1 amide bonds. The van der Waals surface area contributed by atoms with Crippen molar-refractivity contribution < 1.29 is 18.7 Å². The van der Waals surface area contributed by atoms with Gasteiger partial charge in [0.25, 0.3) is 0 Å². The van der Waals surface area contributed by atoms with E-state index in [1.54, 1.807) is 0 Å². The first kappa shape index (κ1) is 21.7. The number of Topliss-reactive ketones (excluding diaryl/α,β-unsaturated/α-hetero) is 1. The highest BCUT2D eigenvalue weighted by atomic mass is 19.1. The van der Waals surface area contributed by atoms with E-state index in [9.17, 15) is 14.0 Å². The van der Waals surface area contributed by atoms with Gasteiger partial charge in [-0.3, -0.25) is 14.5 Å². The van der Waals surface area contributed by atoms with Gasteiger partial charge in [-0.25, -0.2) is 4.39 Å². The molecule has 31 heavy (non-hydrogen) atoms. The van der Waals surface area contributed by atoms with Crippen LogP contribution in [0.2, 0.25) is 0 Å². The quantitative estimate of drug-likeness (QED) is 0.693. The molecule has 1 unspecified atom stereocenters. The van der Waals surface area contributed by atoms with Crippen molar-refractivity contribution in [1.29, 1.82) is 0 Å². The largest absolute Gasteiger partial charge is 0.381 e. The third-order valence-electron chi connectivity index (χ3n) is 6.27. The normalized spacial score (nSPS) is 24.1. The monoisotopic (exact) mass is 424 g/mol. The lowest BCUT2D eigenvalue weighted by molar-refractivity contribution is -0.125. The molecule has 2 heterocycles. The molecule has 164 valence electrons. The van der Waals surface area contributed by atoms with Crippen molar-refractivity contribution in [2.75, 3.05) is 32.8 Å². The molecule has 0 radical (unpaired) electrons. The van der Waals surface area contributed by atoms with Crippen molar-refractivity contribution in [2.24, 2.45) is 17.8 Å². The Kier molecular flexibility index (Phi) is 7.10. The van der Waals surface area contributed by atoms with Crippen molar-refractivity contribution >= 4 is 11.7 Å². The maximum absolute atomic E-state index is 13.3. The molecule has 2 saturated heterocycles. The molecule has 0 aliphatic carbocycles. The molecule has 2 aliphatic heterocycles.